The molecule has 11 heavy (non-hydrogen) atoms. The number of likely N-dealkylation sites (N-methyl/N-ethyl adjacent to an activating group) is 1. The fourth-order valence-electron chi connectivity index (χ4n) is 0.537. The van der Waals surface area contributed by atoms with E-state index < -0.39 is 0 Å². The Morgan fingerprint density at radius 2 is 2.18 bits per heavy atom. The Bertz CT molecular complexity index is 121. The predicted molar refractivity (Wildman–Crippen MR) is 37.9 cm³/mol. The molecule has 0 spiro atoms. The third-order valence-electron chi connectivity index (χ3n) is 1.04. The van der Waals surface area contributed by atoms with Gasteiger partial charge >= 0.3 is 0 Å². The Hall–Kier alpha value is -0.0400. The van der Waals surface area contributed by atoms with Crippen molar-refractivity contribution in [1.29, 1.82) is 0 Å². The molecule has 61 valence electrons. The molecule has 0 aromatic heterocycles. The van der Waals surface area contributed by atoms with Crippen LogP contribution in [0.5, 0.6) is 0 Å². The number of rotatable bonds is 4. The standard InChI is InChI=1S/C4H11N3O3.Na/c1-2-6(3-4-8)7(10)5-9;/h8-9H,2-4H2,1H3;. The summed E-state index contributed by atoms with van der Waals surface area (Å²) in [7, 11) is 0. The molecule has 0 heterocycles. The molecular weight excluding hydrogens is 161 g/mol. The molecule has 0 aliphatic heterocycles. The van der Waals surface area contributed by atoms with E-state index in [0.717, 1.165) is 5.01 Å². The molecule has 1 radical (unpaired) electrons. The van der Waals surface area contributed by atoms with Gasteiger partial charge in [0.25, 0.3) is 0 Å². The molecule has 0 saturated heterocycles. The molecule has 0 atom stereocenters. The first-order valence-corrected chi connectivity index (χ1v) is 2.94. The van der Waals surface area contributed by atoms with E-state index in [1.54, 1.807) is 6.92 Å². The van der Waals surface area contributed by atoms with Gasteiger partial charge in [-0.1, -0.05) is 0 Å². The molecule has 0 rings (SSSR count). The van der Waals surface area contributed by atoms with Crippen LogP contribution in [-0.2, 0) is 0 Å². The summed E-state index contributed by atoms with van der Waals surface area (Å²) in [6, 6.07) is 0. The molecule has 7 heteroatoms. The molecule has 6 nitrogen and oxygen atoms in total. The fourth-order valence-corrected chi connectivity index (χ4v) is 0.537. The van der Waals surface area contributed by atoms with Crippen molar-refractivity contribution in [3.8, 4) is 0 Å². The quantitative estimate of drug-likeness (QED) is 0.251. The third-order valence-corrected chi connectivity index (χ3v) is 1.04. The minimum Gasteiger partial charge on any atom is -0.569 e. The van der Waals surface area contributed by atoms with E-state index in [9.17, 15) is 5.21 Å². The van der Waals surface area contributed by atoms with Gasteiger partial charge in [-0.25, -0.2) is 0 Å². The van der Waals surface area contributed by atoms with E-state index in [1.807, 2.05) is 0 Å². The van der Waals surface area contributed by atoms with Crippen LogP contribution in [0.3, 0.4) is 0 Å². The normalized spacial score (nSPS) is 10.5. The molecule has 0 aromatic rings. The smallest absolute Gasteiger partial charge is 0.230 e. The summed E-state index contributed by atoms with van der Waals surface area (Å²) in [6.07, 6.45) is 0. The molecule has 0 saturated carbocycles. The maximum Gasteiger partial charge on any atom is 0.230 e. The second kappa shape index (κ2) is 8.06. The first-order valence-electron chi connectivity index (χ1n) is 2.94. The van der Waals surface area contributed by atoms with Gasteiger partial charge in [-0.2, -0.15) is 0 Å². The molecule has 0 bridgehead atoms. The van der Waals surface area contributed by atoms with Crippen LogP contribution < -0.4 is 0 Å². The van der Waals surface area contributed by atoms with Crippen LogP contribution in [0, 0.1) is 5.21 Å². The van der Waals surface area contributed by atoms with Gasteiger partial charge in [-0.3, -0.25) is 0 Å². The van der Waals surface area contributed by atoms with Crippen molar-refractivity contribution >= 4 is 29.6 Å². The summed E-state index contributed by atoms with van der Waals surface area (Å²) < 4.78 is 0. The van der Waals surface area contributed by atoms with Crippen LogP contribution in [0.25, 0.3) is 0 Å². The van der Waals surface area contributed by atoms with Crippen molar-refractivity contribution < 1.29 is 15.3 Å². The maximum absolute atomic E-state index is 10.4. The zero-order valence-electron chi connectivity index (χ0n) is 6.77. The first-order chi connectivity index (χ1) is 4.76. The molecule has 0 aliphatic carbocycles. The van der Waals surface area contributed by atoms with Crippen LogP contribution >= 0.6 is 0 Å². The van der Waals surface area contributed by atoms with Crippen LogP contribution in [-0.4, -0.2) is 69.5 Å². The van der Waals surface area contributed by atoms with Crippen molar-refractivity contribution in [2.45, 2.75) is 6.92 Å². The summed E-state index contributed by atoms with van der Waals surface area (Å²) in [6.45, 7) is 2.14. The van der Waals surface area contributed by atoms with Crippen molar-refractivity contribution in [2.75, 3.05) is 19.7 Å². The average Bonchev–Trinajstić information content (AvgIpc) is 1.99. The number of aliphatic hydroxyl groups is 1. The topological polar surface area (TPSA) is 82.1 Å². The predicted octanol–water partition coefficient (Wildman–Crippen LogP) is -0.814. The maximum atomic E-state index is 10.4. The summed E-state index contributed by atoms with van der Waals surface area (Å²) in [5, 5.41) is 30.3. The number of hydrazine groups is 1. The molecule has 0 aliphatic rings. The first kappa shape index (κ1) is 13.5. The molecule has 0 aromatic carbocycles. The van der Waals surface area contributed by atoms with Crippen molar-refractivity contribution in [3.63, 3.8) is 0 Å². The van der Waals surface area contributed by atoms with E-state index in [-0.39, 0.29) is 47.7 Å². The molecule has 2 N–H and O–H groups in total. The SMILES string of the molecule is CCN(CCO)[N+]([O-])=NO.[Na]. The van der Waals surface area contributed by atoms with Crippen LogP contribution in [0.1, 0.15) is 6.92 Å². The minimum absolute atomic E-state index is 0. The molecule has 0 fully saturated rings. The second-order valence-electron chi connectivity index (χ2n) is 1.61. The summed E-state index contributed by atoms with van der Waals surface area (Å²) in [5.74, 6) is 0. The van der Waals surface area contributed by atoms with Crippen molar-refractivity contribution in [3.05, 3.63) is 5.21 Å². The van der Waals surface area contributed by atoms with Gasteiger partial charge in [0.05, 0.1) is 24.7 Å². The summed E-state index contributed by atoms with van der Waals surface area (Å²) in [4.78, 5) is 0.0379. The van der Waals surface area contributed by atoms with E-state index in [0.29, 0.717) is 6.54 Å². The van der Waals surface area contributed by atoms with Gasteiger partial charge in [0.1, 0.15) is 0 Å². The molecular formula is C4H11N3NaO3. The van der Waals surface area contributed by atoms with E-state index >= 15 is 0 Å². The van der Waals surface area contributed by atoms with Gasteiger partial charge < -0.3 is 15.5 Å². The van der Waals surface area contributed by atoms with Gasteiger partial charge in [0.15, 0.2) is 0 Å². The van der Waals surface area contributed by atoms with Gasteiger partial charge in [-0.15, -0.1) is 5.01 Å². The number of hydrogen-bond donors (Lipinski definition) is 2. The van der Waals surface area contributed by atoms with Crippen molar-refractivity contribution in [2.24, 2.45) is 5.28 Å². The Morgan fingerprint density at radius 1 is 1.64 bits per heavy atom. The zero-order valence-corrected chi connectivity index (χ0v) is 8.77. The number of hydrogen-bond acceptors (Lipinski definition) is 3. The Morgan fingerprint density at radius 3 is 2.45 bits per heavy atom. The fraction of sp³-hybridized carbons (Fsp3) is 1.00. The molecule has 0 unspecified atom stereocenters. The Labute approximate surface area is 86.9 Å². The van der Waals surface area contributed by atoms with Crippen molar-refractivity contribution in [1.82, 2.24) is 5.01 Å². The van der Waals surface area contributed by atoms with Gasteiger partial charge in [0, 0.05) is 29.6 Å². The Balaban J connectivity index is 0. The van der Waals surface area contributed by atoms with Gasteiger partial charge in [0.2, 0.25) is 5.28 Å². The summed E-state index contributed by atoms with van der Waals surface area (Å²) in [5.41, 5.74) is 0. The average molecular weight is 172 g/mol. The zero-order chi connectivity index (χ0) is 7.98. The van der Waals surface area contributed by atoms with Crippen LogP contribution in [0.4, 0.5) is 0 Å². The van der Waals surface area contributed by atoms with E-state index in [1.165, 1.54) is 0 Å². The second-order valence-corrected chi connectivity index (χ2v) is 1.61. The minimum atomic E-state index is -0.137. The largest absolute Gasteiger partial charge is 0.569 e. The van der Waals surface area contributed by atoms with Crippen LogP contribution in [0.2, 0.25) is 0 Å². The monoisotopic (exact) mass is 172 g/mol. The number of aliphatic hydroxyl groups excluding tert-OH is 1. The van der Waals surface area contributed by atoms with Gasteiger partial charge in [-0.05, 0) is 6.92 Å². The molecule has 0 amide bonds. The number of nitrogens with zero attached hydrogens (tertiary/aromatic N) is 3. The van der Waals surface area contributed by atoms with E-state index in [2.05, 4.69) is 5.28 Å². The van der Waals surface area contributed by atoms with Crippen LogP contribution in [0.15, 0.2) is 5.28 Å². The van der Waals surface area contributed by atoms with E-state index in [4.69, 9.17) is 10.3 Å². The third kappa shape index (κ3) is 5.25. The summed E-state index contributed by atoms with van der Waals surface area (Å²) >= 11 is 0. The Kier molecular flexibility index (Phi) is 9.92.